The van der Waals surface area contributed by atoms with Crippen molar-refractivity contribution >= 4 is 11.4 Å². The fourth-order valence-electron chi connectivity index (χ4n) is 6.90. The third kappa shape index (κ3) is 2.11. The van der Waals surface area contributed by atoms with E-state index in [-0.39, 0.29) is 5.41 Å². The van der Waals surface area contributed by atoms with Crippen LogP contribution >= 0.6 is 0 Å². The molecule has 4 aliphatic carbocycles. The van der Waals surface area contributed by atoms with Crippen LogP contribution in [0.2, 0.25) is 0 Å². The van der Waals surface area contributed by atoms with Crippen LogP contribution in [0.15, 0.2) is 36.4 Å². The highest BCUT2D eigenvalue weighted by Gasteiger charge is 2.58. The van der Waals surface area contributed by atoms with Crippen molar-refractivity contribution in [2.45, 2.75) is 51.4 Å². The quantitative estimate of drug-likeness (QED) is 0.733. The van der Waals surface area contributed by atoms with Gasteiger partial charge in [0.05, 0.1) is 0 Å². The molecule has 4 aliphatic rings. The first-order chi connectivity index (χ1) is 12.5. The summed E-state index contributed by atoms with van der Waals surface area (Å²) in [4.78, 5) is 0. The minimum atomic E-state index is 0.143. The number of nitrogens with two attached hydrogens (primary N) is 2. The third-order valence-electron chi connectivity index (χ3n) is 7.92. The number of rotatable bonds is 2. The monoisotopic (exact) mass is 346 g/mol. The molecule has 0 aromatic heterocycles. The highest BCUT2D eigenvalue weighted by atomic mass is 14.6. The largest absolute Gasteiger partial charge is 0.399 e. The average molecular weight is 347 g/mol. The second kappa shape index (κ2) is 5.52. The number of aryl methyl sites for hydroxylation is 2. The van der Waals surface area contributed by atoms with Gasteiger partial charge in [-0.05, 0) is 104 Å². The maximum Gasteiger partial charge on any atom is 0.0343 e. The summed E-state index contributed by atoms with van der Waals surface area (Å²) < 4.78 is 0. The van der Waals surface area contributed by atoms with Gasteiger partial charge in [0.2, 0.25) is 0 Å². The van der Waals surface area contributed by atoms with Gasteiger partial charge < -0.3 is 11.5 Å². The lowest BCUT2D eigenvalue weighted by Crippen LogP contribution is -2.56. The van der Waals surface area contributed by atoms with Crippen molar-refractivity contribution in [2.75, 3.05) is 11.5 Å². The van der Waals surface area contributed by atoms with Crippen LogP contribution in [0.5, 0.6) is 0 Å². The van der Waals surface area contributed by atoms with E-state index in [2.05, 4.69) is 50.2 Å². The molecular weight excluding hydrogens is 316 g/mol. The van der Waals surface area contributed by atoms with Crippen LogP contribution in [-0.4, -0.2) is 0 Å². The zero-order valence-corrected chi connectivity index (χ0v) is 16.0. The summed E-state index contributed by atoms with van der Waals surface area (Å²) in [5.74, 6) is 3.42. The van der Waals surface area contributed by atoms with E-state index in [0.717, 1.165) is 35.0 Å². The molecule has 0 unspecified atom stereocenters. The highest BCUT2D eigenvalue weighted by Crippen LogP contribution is 2.65. The van der Waals surface area contributed by atoms with Crippen LogP contribution in [0.25, 0.3) is 0 Å². The standard InChI is InChI=1S/C24H30N2/c1-14-7-18(3-5-22(14)25)24(19-4-6-23(26)15(2)8-19)20-10-16-9-17(12-20)13-21(24)11-16/h3-8,16-17,20-21H,9-13,25-26H2,1-2H3. The molecule has 4 N–H and O–H groups in total. The Kier molecular flexibility index (Phi) is 3.44. The maximum atomic E-state index is 6.17. The van der Waals surface area contributed by atoms with Gasteiger partial charge in [0.1, 0.15) is 0 Å². The lowest BCUT2D eigenvalue weighted by molar-refractivity contribution is -0.0418. The molecule has 2 aromatic carbocycles. The first kappa shape index (κ1) is 16.2. The van der Waals surface area contributed by atoms with Crippen LogP contribution in [0, 0.1) is 37.5 Å². The number of hydrogen-bond donors (Lipinski definition) is 2. The van der Waals surface area contributed by atoms with Gasteiger partial charge in [-0.3, -0.25) is 0 Å². The summed E-state index contributed by atoms with van der Waals surface area (Å²) in [6.45, 7) is 4.30. The first-order valence-electron chi connectivity index (χ1n) is 10.2. The van der Waals surface area contributed by atoms with Crippen LogP contribution in [0.3, 0.4) is 0 Å². The Labute approximate surface area is 157 Å². The minimum Gasteiger partial charge on any atom is -0.399 e. The zero-order chi connectivity index (χ0) is 18.1. The molecular formula is C24H30N2. The molecule has 0 aliphatic heterocycles. The predicted molar refractivity (Wildman–Crippen MR) is 109 cm³/mol. The van der Waals surface area contributed by atoms with E-state index >= 15 is 0 Å². The van der Waals surface area contributed by atoms with Crippen LogP contribution in [0.4, 0.5) is 11.4 Å². The molecule has 0 radical (unpaired) electrons. The van der Waals surface area contributed by atoms with E-state index in [9.17, 15) is 0 Å². The third-order valence-corrected chi connectivity index (χ3v) is 7.92. The molecule has 26 heavy (non-hydrogen) atoms. The van der Waals surface area contributed by atoms with E-state index in [1.54, 1.807) is 0 Å². The Hall–Kier alpha value is -1.96. The number of nitrogen functional groups attached to an aromatic ring is 2. The molecule has 2 aromatic rings. The Balaban J connectivity index is 1.75. The van der Waals surface area contributed by atoms with Gasteiger partial charge in [0.15, 0.2) is 0 Å². The lowest BCUT2D eigenvalue weighted by Gasteiger charge is -2.62. The van der Waals surface area contributed by atoms with Gasteiger partial charge >= 0.3 is 0 Å². The molecule has 0 amide bonds. The van der Waals surface area contributed by atoms with Gasteiger partial charge in [-0.1, -0.05) is 24.3 Å². The molecule has 6 rings (SSSR count). The first-order valence-corrected chi connectivity index (χ1v) is 10.2. The Morgan fingerprint density at radius 3 is 1.50 bits per heavy atom. The normalized spacial score (nSPS) is 31.3. The molecule has 4 bridgehead atoms. The van der Waals surface area contributed by atoms with E-state index in [4.69, 9.17) is 11.5 Å². The number of anilines is 2. The second-order valence-corrected chi connectivity index (χ2v) is 9.32. The summed E-state index contributed by atoms with van der Waals surface area (Å²) in [6, 6.07) is 13.6. The molecule has 136 valence electrons. The van der Waals surface area contributed by atoms with Gasteiger partial charge in [0.25, 0.3) is 0 Å². The summed E-state index contributed by atoms with van der Waals surface area (Å²) in [6.07, 6.45) is 7.03. The van der Waals surface area contributed by atoms with Gasteiger partial charge in [0, 0.05) is 16.8 Å². The SMILES string of the molecule is Cc1cc(C2(c3ccc(N)c(C)c3)C3CC4CC(C3)CC2C4)ccc1N. The van der Waals surface area contributed by atoms with Crippen molar-refractivity contribution in [3.05, 3.63) is 58.7 Å². The van der Waals surface area contributed by atoms with Gasteiger partial charge in [-0.25, -0.2) is 0 Å². The van der Waals surface area contributed by atoms with Gasteiger partial charge in [-0.15, -0.1) is 0 Å². The second-order valence-electron chi connectivity index (χ2n) is 9.32. The summed E-state index contributed by atoms with van der Waals surface area (Å²) in [7, 11) is 0. The lowest BCUT2D eigenvalue weighted by atomic mass is 9.42. The molecule has 2 heteroatoms. The molecule has 2 nitrogen and oxygen atoms in total. The Morgan fingerprint density at radius 2 is 1.12 bits per heavy atom. The van der Waals surface area contributed by atoms with E-state index < -0.39 is 0 Å². The molecule has 0 heterocycles. The van der Waals surface area contributed by atoms with Crippen molar-refractivity contribution in [1.82, 2.24) is 0 Å². The topological polar surface area (TPSA) is 52.0 Å². The van der Waals surface area contributed by atoms with Crippen molar-refractivity contribution < 1.29 is 0 Å². The predicted octanol–water partition coefficient (Wildman–Crippen LogP) is 5.21. The fourth-order valence-corrected chi connectivity index (χ4v) is 6.90. The van der Waals surface area contributed by atoms with E-state index in [1.807, 2.05) is 0 Å². The van der Waals surface area contributed by atoms with Crippen molar-refractivity contribution in [3.63, 3.8) is 0 Å². The van der Waals surface area contributed by atoms with Crippen LogP contribution in [-0.2, 0) is 5.41 Å². The van der Waals surface area contributed by atoms with Crippen LogP contribution < -0.4 is 11.5 Å². The molecule has 4 saturated carbocycles. The number of benzene rings is 2. The smallest absolute Gasteiger partial charge is 0.0343 e. The summed E-state index contributed by atoms with van der Waals surface area (Å²) in [5.41, 5.74) is 19.7. The molecule has 4 fully saturated rings. The van der Waals surface area contributed by atoms with E-state index in [1.165, 1.54) is 54.4 Å². The van der Waals surface area contributed by atoms with Crippen molar-refractivity contribution in [2.24, 2.45) is 23.7 Å². The molecule has 0 spiro atoms. The Bertz CT molecular complexity index is 785. The highest BCUT2D eigenvalue weighted by molar-refractivity contribution is 5.56. The molecule has 0 atom stereocenters. The summed E-state index contributed by atoms with van der Waals surface area (Å²) >= 11 is 0. The van der Waals surface area contributed by atoms with Crippen LogP contribution in [0.1, 0.15) is 54.4 Å². The average Bonchev–Trinajstić information content (AvgIpc) is 2.60. The van der Waals surface area contributed by atoms with Crippen molar-refractivity contribution in [3.8, 4) is 0 Å². The number of hydrogen-bond acceptors (Lipinski definition) is 2. The summed E-state index contributed by atoms with van der Waals surface area (Å²) in [5, 5.41) is 0. The van der Waals surface area contributed by atoms with Gasteiger partial charge in [-0.2, -0.15) is 0 Å². The molecule has 0 saturated heterocycles. The minimum absolute atomic E-state index is 0.143. The zero-order valence-electron chi connectivity index (χ0n) is 16.0. The maximum absolute atomic E-state index is 6.17. The fraction of sp³-hybridized carbons (Fsp3) is 0.500. The van der Waals surface area contributed by atoms with Crippen molar-refractivity contribution in [1.29, 1.82) is 0 Å². The Morgan fingerprint density at radius 1 is 0.692 bits per heavy atom. The van der Waals surface area contributed by atoms with E-state index in [0.29, 0.717) is 0 Å².